The molecule has 2 rings (SSSR count). The first kappa shape index (κ1) is 18.2. The van der Waals surface area contributed by atoms with Gasteiger partial charge in [0.25, 0.3) is 0 Å². The van der Waals surface area contributed by atoms with Crippen molar-refractivity contribution in [1.82, 2.24) is 19.7 Å². The van der Waals surface area contributed by atoms with E-state index in [1.807, 2.05) is 27.0 Å². The Balaban J connectivity index is 2.10. The van der Waals surface area contributed by atoms with E-state index in [4.69, 9.17) is 4.74 Å². The molecule has 7 heteroatoms. The van der Waals surface area contributed by atoms with E-state index in [-0.39, 0.29) is 12.6 Å². The Labute approximate surface area is 143 Å². The molecular formula is C17H27N5O2. The monoisotopic (exact) mass is 333 g/mol. The summed E-state index contributed by atoms with van der Waals surface area (Å²) in [5.74, 6) is 1.86. The molecule has 0 aliphatic heterocycles. The number of aliphatic hydroxyl groups is 1. The van der Waals surface area contributed by atoms with E-state index in [1.54, 1.807) is 10.9 Å². The van der Waals surface area contributed by atoms with Crippen molar-refractivity contribution < 1.29 is 9.84 Å². The predicted octanol–water partition coefficient (Wildman–Crippen LogP) is 2.37. The summed E-state index contributed by atoms with van der Waals surface area (Å²) < 4.78 is 7.69. The number of anilines is 1. The number of nitrogens with one attached hydrogen (secondary N) is 1. The fourth-order valence-corrected chi connectivity index (χ4v) is 2.47. The van der Waals surface area contributed by atoms with Gasteiger partial charge in [0.1, 0.15) is 12.4 Å². The zero-order valence-corrected chi connectivity index (χ0v) is 14.9. The average Bonchev–Trinajstić information content (AvgIpc) is 2.88. The van der Waals surface area contributed by atoms with Crippen LogP contribution in [0.25, 0.3) is 0 Å². The van der Waals surface area contributed by atoms with E-state index in [1.165, 1.54) is 0 Å². The molecule has 2 heterocycles. The van der Waals surface area contributed by atoms with Crippen LogP contribution >= 0.6 is 0 Å². The van der Waals surface area contributed by atoms with Crippen molar-refractivity contribution in [3.05, 3.63) is 29.5 Å². The molecule has 24 heavy (non-hydrogen) atoms. The average molecular weight is 333 g/mol. The third-order valence-corrected chi connectivity index (χ3v) is 3.82. The molecule has 0 radical (unpaired) electrons. The second-order valence-corrected chi connectivity index (χ2v) is 5.99. The summed E-state index contributed by atoms with van der Waals surface area (Å²) in [5.41, 5.74) is 1.93. The van der Waals surface area contributed by atoms with E-state index in [0.717, 1.165) is 30.7 Å². The molecule has 0 amide bonds. The van der Waals surface area contributed by atoms with Gasteiger partial charge in [-0.1, -0.05) is 19.8 Å². The molecule has 0 aromatic carbocycles. The maximum atomic E-state index is 9.56. The van der Waals surface area contributed by atoms with Gasteiger partial charge in [-0.15, -0.1) is 0 Å². The summed E-state index contributed by atoms with van der Waals surface area (Å²) in [4.78, 5) is 8.64. The van der Waals surface area contributed by atoms with E-state index < -0.39 is 0 Å². The predicted molar refractivity (Wildman–Crippen MR) is 93.1 cm³/mol. The molecule has 7 nitrogen and oxygen atoms in total. The van der Waals surface area contributed by atoms with Gasteiger partial charge in [0.15, 0.2) is 11.6 Å². The number of hydrogen-bond acceptors (Lipinski definition) is 6. The van der Waals surface area contributed by atoms with Crippen molar-refractivity contribution in [1.29, 1.82) is 0 Å². The van der Waals surface area contributed by atoms with Crippen molar-refractivity contribution in [3.8, 4) is 5.75 Å². The van der Waals surface area contributed by atoms with Crippen LogP contribution in [-0.2, 0) is 13.7 Å². The quantitative estimate of drug-likeness (QED) is 0.733. The van der Waals surface area contributed by atoms with Crippen molar-refractivity contribution in [2.75, 3.05) is 11.9 Å². The van der Waals surface area contributed by atoms with Gasteiger partial charge in [-0.05, 0) is 26.3 Å². The number of aliphatic hydroxyl groups excluding tert-OH is 1. The molecule has 1 atom stereocenters. The molecule has 2 aromatic rings. The number of ether oxygens (including phenoxy) is 1. The number of rotatable bonds is 9. The third kappa shape index (κ3) is 4.92. The Kier molecular flexibility index (Phi) is 6.54. The number of hydrogen-bond donors (Lipinski definition) is 2. The molecule has 132 valence electrons. The van der Waals surface area contributed by atoms with Crippen LogP contribution in [0.4, 0.5) is 5.82 Å². The lowest BCUT2D eigenvalue weighted by molar-refractivity contribution is 0.265. The summed E-state index contributed by atoms with van der Waals surface area (Å²) in [7, 11) is 1.89. The molecule has 0 aliphatic rings. The number of nitrogens with zero attached hydrogens (tertiary/aromatic N) is 4. The molecule has 0 aliphatic carbocycles. The van der Waals surface area contributed by atoms with Gasteiger partial charge in [-0.25, -0.2) is 9.97 Å². The maximum Gasteiger partial charge on any atom is 0.180 e. The van der Waals surface area contributed by atoms with Crippen molar-refractivity contribution in [2.45, 2.75) is 52.7 Å². The zero-order valence-electron chi connectivity index (χ0n) is 14.9. The topological polar surface area (TPSA) is 85.1 Å². The molecule has 2 aromatic heterocycles. The third-order valence-electron chi connectivity index (χ3n) is 3.82. The minimum atomic E-state index is -0.0412. The maximum absolute atomic E-state index is 9.56. The lowest BCUT2D eigenvalue weighted by atomic mass is 10.1. The van der Waals surface area contributed by atoms with Crippen LogP contribution < -0.4 is 10.1 Å². The first-order chi connectivity index (χ1) is 11.5. The fourth-order valence-electron chi connectivity index (χ4n) is 2.47. The van der Waals surface area contributed by atoms with E-state index in [0.29, 0.717) is 24.0 Å². The largest absolute Gasteiger partial charge is 0.482 e. The van der Waals surface area contributed by atoms with Crippen molar-refractivity contribution in [3.63, 3.8) is 0 Å². The standard InChI is InChI=1S/C17H27N5O2/c1-5-6-7-14(10-23)20-17-16(9-18-13(3)19-17)24-11-15-8-12(2)21-22(15)4/h8-9,14,23H,5-7,10-11H2,1-4H3,(H,18,19,20)/t14-/m0/s1. The molecule has 0 spiro atoms. The summed E-state index contributed by atoms with van der Waals surface area (Å²) in [5, 5.41) is 17.2. The summed E-state index contributed by atoms with van der Waals surface area (Å²) in [6.07, 6.45) is 4.69. The molecular weight excluding hydrogens is 306 g/mol. The van der Waals surface area contributed by atoms with Gasteiger partial charge in [0.05, 0.1) is 30.2 Å². The van der Waals surface area contributed by atoms with Crippen LogP contribution in [0.15, 0.2) is 12.3 Å². The SMILES string of the molecule is CCCC[C@@H](CO)Nc1nc(C)ncc1OCc1cc(C)nn1C. The van der Waals surface area contributed by atoms with Gasteiger partial charge in [-0.2, -0.15) is 5.10 Å². The highest BCUT2D eigenvalue weighted by atomic mass is 16.5. The normalized spacial score (nSPS) is 12.2. The highest BCUT2D eigenvalue weighted by Gasteiger charge is 2.14. The van der Waals surface area contributed by atoms with Crippen LogP contribution in [0, 0.1) is 13.8 Å². The van der Waals surface area contributed by atoms with E-state index in [9.17, 15) is 5.11 Å². The Bertz CT molecular complexity index is 656. The van der Waals surface area contributed by atoms with Crippen molar-refractivity contribution >= 4 is 5.82 Å². The van der Waals surface area contributed by atoms with Gasteiger partial charge in [0.2, 0.25) is 0 Å². The molecule has 0 saturated heterocycles. The highest BCUT2D eigenvalue weighted by molar-refractivity contribution is 5.49. The van der Waals surface area contributed by atoms with Crippen LogP contribution in [0.1, 0.15) is 43.4 Å². The number of aryl methyl sites for hydroxylation is 3. The van der Waals surface area contributed by atoms with E-state index >= 15 is 0 Å². The van der Waals surface area contributed by atoms with Crippen LogP contribution in [0.2, 0.25) is 0 Å². The number of aromatic nitrogens is 4. The molecule has 2 N–H and O–H groups in total. The second kappa shape index (κ2) is 8.63. The zero-order chi connectivity index (χ0) is 17.5. The summed E-state index contributed by atoms with van der Waals surface area (Å²) >= 11 is 0. The van der Waals surface area contributed by atoms with Gasteiger partial charge in [0, 0.05) is 7.05 Å². The lowest BCUT2D eigenvalue weighted by Crippen LogP contribution is -2.25. The van der Waals surface area contributed by atoms with Crippen LogP contribution in [0.5, 0.6) is 5.75 Å². The minimum Gasteiger partial charge on any atom is -0.482 e. The minimum absolute atomic E-state index is 0.0412. The first-order valence-corrected chi connectivity index (χ1v) is 8.36. The Morgan fingerprint density at radius 2 is 2.17 bits per heavy atom. The Morgan fingerprint density at radius 3 is 2.79 bits per heavy atom. The van der Waals surface area contributed by atoms with Gasteiger partial charge in [-0.3, -0.25) is 4.68 Å². The lowest BCUT2D eigenvalue weighted by Gasteiger charge is -2.19. The summed E-state index contributed by atoms with van der Waals surface area (Å²) in [6, 6.07) is 1.94. The second-order valence-electron chi connectivity index (χ2n) is 5.99. The molecule has 0 fully saturated rings. The van der Waals surface area contributed by atoms with Crippen molar-refractivity contribution in [2.24, 2.45) is 7.05 Å². The van der Waals surface area contributed by atoms with Crippen LogP contribution in [-0.4, -0.2) is 37.5 Å². The summed E-state index contributed by atoms with van der Waals surface area (Å²) in [6.45, 7) is 6.36. The van der Waals surface area contributed by atoms with Gasteiger partial charge < -0.3 is 15.2 Å². The smallest absolute Gasteiger partial charge is 0.180 e. The Morgan fingerprint density at radius 1 is 1.38 bits per heavy atom. The molecule has 0 unspecified atom stereocenters. The van der Waals surface area contributed by atoms with E-state index in [2.05, 4.69) is 27.3 Å². The highest BCUT2D eigenvalue weighted by Crippen LogP contribution is 2.23. The first-order valence-electron chi connectivity index (χ1n) is 8.36. The Hall–Kier alpha value is -2.15. The fraction of sp³-hybridized carbons (Fsp3) is 0.588. The van der Waals surface area contributed by atoms with Crippen LogP contribution in [0.3, 0.4) is 0 Å². The molecule has 0 saturated carbocycles. The molecule has 0 bridgehead atoms. The van der Waals surface area contributed by atoms with Gasteiger partial charge >= 0.3 is 0 Å². The number of unbranched alkanes of at least 4 members (excludes halogenated alkanes) is 1.